The molecule has 1 aliphatic heterocycles. The summed E-state index contributed by atoms with van der Waals surface area (Å²) >= 11 is 0. The van der Waals surface area contributed by atoms with Gasteiger partial charge >= 0.3 is 6.09 Å². The van der Waals surface area contributed by atoms with E-state index in [4.69, 9.17) is 35.3 Å². The van der Waals surface area contributed by atoms with Gasteiger partial charge in [0.1, 0.15) is 12.4 Å². The Morgan fingerprint density at radius 1 is 1.16 bits per heavy atom. The van der Waals surface area contributed by atoms with Crippen LogP contribution >= 0.6 is 0 Å². The van der Waals surface area contributed by atoms with Gasteiger partial charge in [0.05, 0.1) is 13.7 Å². The highest BCUT2D eigenvalue weighted by Crippen LogP contribution is 2.29. The van der Waals surface area contributed by atoms with Gasteiger partial charge in [-0.1, -0.05) is 0 Å². The Kier molecular flexibility index (Phi) is 8.17. The number of amides is 1. The monoisotopic (exact) mass is 443 g/mol. The molecule has 1 fully saturated rings. The van der Waals surface area contributed by atoms with E-state index in [0.717, 1.165) is 6.92 Å². The third kappa shape index (κ3) is 6.46. The first-order valence-corrected chi connectivity index (χ1v) is 9.56. The molecular weight excluding hydrogens is 418 g/mol. The number of nitrogens with one attached hydrogen (secondary N) is 1. The number of carboxylic acids is 1. The van der Waals surface area contributed by atoms with Crippen LogP contribution in [0.1, 0.15) is 29.8 Å². The van der Waals surface area contributed by atoms with Crippen molar-refractivity contribution in [2.75, 3.05) is 25.2 Å². The van der Waals surface area contributed by atoms with Crippen molar-refractivity contribution in [1.82, 2.24) is 0 Å². The number of carbonyl (C=O) groups excluding carboxylic acids is 2. The zero-order chi connectivity index (χ0) is 23.8. The first kappa shape index (κ1) is 24.2. The molecule has 2 aromatic carbocycles. The molecule has 170 valence electrons. The van der Waals surface area contributed by atoms with Crippen LogP contribution in [0.2, 0.25) is 0 Å². The lowest BCUT2D eigenvalue weighted by molar-refractivity contribution is -0.134. The molecule has 0 aliphatic carbocycles. The molecule has 1 aliphatic rings. The van der Waals surface area contributed by atoms with E-state index in [1.54, 1.807) is 42.5 Å². The Labute approximate surface area is 185 Å². The van der Waals surface area contributed by atoms with Crippen molar-refractivity contribution in [3.63, 3.8) is 0 Å². The lowest BCUT2D eigenvalue weighted by Crippen LogP contribution is -2.26. The van der Waals surface area contributed by atoms with Gasteiger partial charge in [-0.3, -0.25) is 19.9 Å². The fourth-order valence-electron chi connectivity index (χ4n) is 2.83. The van der Waals surface area contributed by atoms with Gasteiger partial charge in [-0.15, -0.1) is 0 Å². The van der Waals surface area contributed by atoms with Crippen LogP contribution in [0.15, 0.2) is 42.5 Å². The van der Waals surface area contributed by atoms with Crippen molar-refractivity contribution < 1.29 is 33.7 Å². The minimum absolute atomic E-state index is 0.0356. The number of nitrogen functional groups attached to an aromatic ring is 1. The number of cyclic esters (lactones) is 1. The summed E-state index contributed by atoms with van der Waals surface area (Å²) in [7, 11) is 1.49. The molecule has 1 unspecified atom stereocenters. The van der Waals surface area contributed by atoms with Gasteiger partial charge in [0.2, 0.25) is 0 Å². The van der Waals surface area contributed by atoms with Gasteiger partial charge in [-0.25, -0.2) is 4.79 Å². The van der Waals surface area contributed by atoms with Crippen molar-refractivity contribution in [2.45, 2.75) is 20.0 Å². The largest absolute Gasteiger partial charge is 0.493 e. The van der Waals surface area contributed by atoms with Crippen LogP contribution in [0.5, 0.6) is 11.5 Å². The first-order valence-electron chi connectivity index (χ1n) is 9.56. The Balaban J connectivity index is 0.000000837. The van der Waals surface area contributed by atoms with Crippen LogP contribution in [0, 0.1) is 5.41 Å². The molecule has 10 nitrogen and oxygen atoms in total. The summed E-state index contributed by atoms with van der Waals surface area (Å²) in [5, 5.41) is 14.8. The molecule has 32 heavy (non-hydrogen) atoms. The van der Waals surface area contributed by atoms with Crippen molar-refractivity contribution >= 4 is 29.4 Å². The minimum atomic E-state index is -0.833. The van der Waals surface area contributed by atoms with Crippen molar-refractivity contribution in [3.05, 3.63) is 53.6 Å². The molecular formula is C22H25N3O7. The maximum Gasteiger partial charge on any atom is 0.414 e. The molecule has 0 saturated carbocycles. The van der Waals surface area contributed by atoms with E-state index in [2.05, 4.69) is 0 Å². The number of benzene rings is 2. The molecule has 0 aromatic heterocycles. The molecule has 4 N–H and O–H groups in total. The molecule has 1 atom stereocenters. The second-order valence-corrected chi connectivity index (χ2v) is 6.83. The number of nitrogens with two attached hydrogens (primary N) is 1. The van der Waals surface area contributed by atoms with Crippen molar-refractivity contribution in [3.8, 4) is 11.5 Å². The molecule has 1 heterocycles. The smallest absolute Gasteiger partial charge is 0.414 e. The second kappa shape index (κ2) is 10.8. The topological polar surface area (TPSA) is 152 Å². The zero-order valence-electron chi connectivity index (χ0n) is 18.0. The Hall–Kier alpha value is -4.08. The number of hydrogen-bond acceptors (Lipinski definition) is 7. The standard InChI is InChI=1S/C20H21N3O5.C2H4O2/c1-12(24)14-5-8-17(18(9-14)26-2)27-11-16-10-23(20(25)28-16)15-6-3-13(4-7-15)19(21)22;1-2(3)4/h3-9,16H,10-11H2,1-2H3,(H3,21,22);1H3,(H,3,4). The summed E-state index contributed by atoms with van der Waals surface area (Å²) in [6.45, 7) is 3.03. The van der Waals surface area contributed by atoms with E-state index < -0.39 is 18.2 Å². The number of rotatable bonds is 7. The summed E-state index contributed by atoms with van der Waals surface area (Å²) in [4.78, 5) is 34.2. The maximum absolute atomic E-state index is 12.2. The fraction of sp³-hybridized carbons (Fsp3) is 0.273. The third-order valence-corrected chi connectivity index (χ3v) is 4.36. The third-order valence-electron chi connectivity index (χ3n) is 4.36. The van der Waals surface area contributed by atoms with Crippen molar-refractivity contribution in [2.24, 2.45) is 5.73 Å². The first-order chi connectivity index (χ1) is 15.1. The van der Waals surface area contributed by atoms with E-state index in [1.165, 1.54) is 18.9 Å². The molecule has 1 saturated heterocycles. The number of carboxylic acid groups (broad SMARTS) is 1. The summed E-state index contributed by atoms with van der Waals surface area (Å²) < 4.78 is 16.4. The van der Waals surface area contributed by atoms with Gasteiger partial charge < -0.3 is 25.1 Å². The number of nitrogens with zero attached hydrogens (tertiary/aromatic N) is 1. The number of ether oxygens (including phenoxy) is 3. The van der Waals surface area contributed by atoms with E-state index in [0.29, 0.717) is 34.9 Å². The van der Waals surface area contributed by atoms with Crippen LogP contribution < -0.4 is 20.1 Å². The summed E-state index contributed by atoms with van der Waals surface area (Å²) in [5.74, 6) is -0.0333. The number of amidine groups is 1. The average molecular weight is 443 g/mol. The predicted octanol–water partition coefficient (Wildman–Crippen LogP) is 2.68. The summed E-state index contributed by atoms with van der Waals surface area (Å²) in [5.41, 5.74) is 7.20. The van der Waals surface area contributed by atoms with Gasteiger partial charge in [0, 0.05) is 23.7 Å². The van der Waals surface area contributed by atoms with Gasteiger partial charge in [0.15, 0.2) is 23.4 Å². The van der Waals surface area contributed by atoms with Gasteiger partial charge in [0.25, 0.3) is 5.97 Å². The summed E-state index contributed by atoms with van der Waals surface area (Å²) in [6.07, 6.45) is -0.930. The van der Waals surface area contributed by atoms with Crippen LogP contribution in [-0.4, -0.2) is 55.2 Å². The molecule has 0 spiro atoms. The van der Waals surface area contributed by atoms with E-state index >= 15 is 0 Å². The van der Waals surface area contributed by atoms with Crippen LogP contribution in [-0.2, 0) is 9.53 Å². The molecule has 3 rings (SSSR count). The fourth-order valence-corrected chi connectivity index (χ4v) is 2.83. The highest BCUT2D eigenvalue weighted by Gasteiger charge is 2.33. The van der Waals surface area contributed by atoms with E-state index in [9.17, 15) is 9.59 Å². The number of methoxy groups -OCH3 is 1. The van der Waals surface area contributed by atoms with Gasteiger partial charge in [-0.2, -0.15) is 0 Å². The molecule has 2 aromatic rings. The quantitative estimate of drug-likeness (QED) is 0.335. The Morgan fingerprint density at radius 2 is 1.75 bits per heavy atom. The van der Waals surface area contributed by atoms with Crippen LogP contribution in [0.4, 0.5) is 10.5 Å². The number of aliphatic carboxylic acids is 1. The normalized spacial score (nSPS) is 14.7. The number of hydrogen-bond donors (Lipinski definition) is 3. The predicted molar refractivity (Wildman–Crippen MR) is 117 cm³/mol. The Bertz CT molecular complexity index is 1000. The number of carbonyl (C=O) groups is 3. The molecule has 1 amide bonds. The molecule has 10 heteroatoms. The lowest BCUT2D eigenvalue weighted by atomic mass is 10.1. The summed E-state index contributed by atoms with van der Waals surface area (Å²) in [6, 6.07) is 11.7. The van der Waals surface area contributed by atoms with Crippen molar-refractivity contribution in [1.29, 1.82) is 5.41 Å². The lowest BCUT2D eigenvalue weighted by Gasteiger charge is -2.15. The van der Waals surface area contributed by atoms with E-state index in [-0.39, 0.29) is 18.2 Å². The van der Waals surface area contributed by atoms with Crippen LogP contribution in [0.25, 0.3) is 0 Å². The van der Waals surface area contributed by atoms with E-state index in [1.807, 2.05) is 0 Å². The number of anilines is 1. The highest BCUT2D eigenvalue weighted by molar-refractivity contribution is 5.96. The van der Waals surface area contributed by atoms with Crippen LogP contribution in [0.3, 0.4) is 0 Å². The van der Waals surface area contributed by atoms with Gasteiger partial charge in [-0.05, 0) is 49.4 Å². The highest BCUT2D eigenvalue weighted by atomic mass is 16.6. The number of Topliss-reactive ketones (excluding diaryl/α,β-unsaturated/α-hetero) is 1. The second-order valence-electron chi connectivity index (χ2n) is 6.83. The molecule has 0 bridgehead atoms. The molecule has 0 radical (unpaired) electrons. The maximum atomic E-state index is 12.2. The zero-order valence-corrected chi connectivity index (χ0v) is 18.0. The number of ketones is 1. The SMILES string of the molecule is CC(=O)O.COc1cc(C(C)=O)ccc1OCC1CN(c2ccc(C(=N)N)cc2)C(=O)O1. The minimum Gasteiger partial charge on any atom is -0.493 e. The Morgan fingerprint density at radius 3 is 2.28 bits per heavy atom. The average Bonchev–Trinajstić information content (AvgIpc) is 3.12.